The maximum atomic E-state index is 5.80. The molecule has 6 heteroatoms. The smallest absolute Gasteiger partial charge is 0.191 e. The van der Waals surface area contributed by atoms with Gasteiger partial charge in [-0.1, -0.05) is 48.0 Å². The molecule has 5 nitrogen and oxygen atoms in total. The van der Waals surface area contributed by atoms with E-state index in [1.54, 1.807) is 19.4 Å². The van der Waals surface area contributed by atoms with E-state index in [-0.39, 0.29) is 6.10 Å². The average Bonchev–Trinajstić information content (AvgIpc) is 2.64. The van der Waals surface area contributed by atoms with Crippen molar-refractivity contribution in [1.29, 1.82) is 0 Å². The summed E-state index contributed by atoms with van der Waals surface area (Å²) < 4.78 is 5.57. The number of hydrogen-bond donors (Lipinski definition) is 2. The van der Waals surface area contributed by atoms with Crippen LogP contribution in [0.2, 0.25) is 5.15 Å². The van der Waals surface area contributed by atoms with Crippen LogP contribution in [0, 0.1) is 0 Å². The Hall–Kier alpha value is -2.11. The van der Waals surface area contributed by atoms with Crippen molar-refractivity contribution in [2.24, 2.45) is 4.99 Å². The molecule has 0 amide bonds. The van der Waals surface area contributed by atoms with Crippen molar-refractivity contribution in [3.05, 3.63) is 64.9 Å². The Morgan fingerprint density at radius 2 is 2.00 bits per heavy atom. The molecule has 1 atom stereocenters. The lowest BCUT2D eigenvalue weighted by Gasteiger charge is -2.16. The van der Waals surface area contributed by atoms with Crippen molar-refractivity contribution < 1.29 is 4.74 Å². The fourth-order valence-corrected chi connectivity index (χ4v) is 2.49. The summed E-state index contributed by atoms with van der Waals surface area (Å²) in [5.74, 6) is 0.780. The molecule has 2 N–H and O–H groups in total. The number of halogens is 1. The maximum Gasteiger partial charge on any atom is 0.191 e. The molecule has 1 unspecified atom stereocenters. The first-order valence-electron chi connectivity index (χ1n) is 8.43. The zero-order valence-electron chi connectivity index (χ0n) is 14.7. The molecule has 25 heavy (non-hydrogen) atoms. The van der Waals surface area contributed by atoms with Gasteiger partial charge in [0.2, 0.25) is 0 Å². The van der Waals surface area contributed by atoms with Crippen molar-refractivity contribution in [2.45, 2.75) is 19.4 Å². The molecule has 0 aliphatic carbocycles. The SMILES string of the molecule is CCNC(=NCC(OC)c1ccccc1)NCCc1ccc(Cl)nc1. The minimum atomic E-state index is -0.0582. The van der Waals surface area contributed by atoms with Crippen LogP contribution in [0.5, 0.6) is 0 Å². The molecule has 0 fully saturated rings. The summed E-state index contributed by atoms with van der Waals surface area (Å²) in [4.78, 5) is 8.73. The van der Waals surface area contributed by atoms with Crippen LogP contribution >= 0.6 is 11.6 Å². The lowest BCUT2D eigenvalue weighted by molar-refractivity contribution is 0.111. The second-order valence-electron chi connectivity index (χ2n) is 5.52. The Kier molecular flexibility index (Phi) is 8.22. The summed E-state index contributed by atoms with van der Waals surface area (Å²) in [6.45, 7) is 4.17. The monoisotopic (exact) mass is 360 g/mol. The largest absolute Gasteiger partial charge is 0.375 e. The van der Waals surface area contributed by atoms with Crippen LogP contribution in [0.15, 0.2) is 53.7 Å². The highest BCUT2D eigenvalue weighted by Gasteiger charge is 2.09. The lowest BCUT2D eigenvalue weighted by Crippen LogP contribution is -2.38. The number of rotatable bonds is 8. The van der Waals surface area contributed by atoms with Gasteiger partial charge in [0.25, 0.3) is 0 Å². The van der Waals surface area contributed by atoms with Crippen LogP contribution in [-0.2, 0) is 11.2 Å². The molecule has 1 aromatic heterocycles. The topological polar surface area (TPSA) is 58.5 Å². The second-order valence-corrected chi connectivity index (χ2v) is 5.91. The van der Waals surface area contributed by atoms with Crippen molar-refractivity contribution in [1.82, 2.24) is 15.6 Å². The van der Waals surface area contributed by atoms with Crippen molar-refractivity contribution in [2.75, 3.05) is 26.7 Å². The highest BCUT2D eigenvalue weighted by molar-refractivity contribution is 6.29. The van der Waals surface area contributed by atoms with Gasteiger partial charge in [0, 0.05) is 26.4 Å². The molecule has 0 aliphatic heterocycles. The van der Waals surface area contributed by atoms with Gasteiger partial charge in [-0.2, -0.15) is 0 Å². The molecular weight excluding hydrogens is 336 g/mol. The maximum absolute atomic E-state index is 5.80. The third-order valence-electron chi connectivity index (χ3n) is 3.71. The minimum absolute atomic E-state index is 0.0582. The Morgan fingerprint density at radius 3 is 2.64 bits per heavy atom. The van der Waals surface area contributed by atoms with E-state index >= 15 is 0 Å². The van der Waals surface area contributed by atoms with E-state index in [4.69, 9.17) is 16.3 Å². The number of methoxy groups -OCH3 is 1. The van der Waals surface area contributed by atoms with Gasteiger partial charge in [-0.3, -0.25) is 4.99 Å². The third kappa shape index (κ3) is 6.72. The predicted octanol–water partition coefficient (Wildman–Crippen LogP) is 3.22. The Labute approximate surface area is 154 Å². The van der Waals surface area contributed by atoms with Gasteiger partial charge >= 0.3 is 0 Å². The molecule has 134 valence electrons. The molecule has 0 spiro atoms. The van der Waals surface area contributed by atoms with Crippen LogP contribution < -0.4 is 10.6 Å². The first-order valence-corrected chi connectivity index (χ1v) is 8.81. The number of aliphatic imine (C=N–C) groups is 1. The fraction of sp³-hybridized carbons (Fsp3) is 0.368. The Balaban J connectivity index is 1.89. The highest BCUT2D eigenvalue weighted by atomic mass is 35.5. The first-order chi connectivity index (χ1) is 12.2. The number of benzene rings is 1. The molecule has 0 saturated heterocycles. The van der Waals surface area contributed by atoms with Gasteiger partial charge in [-0.15, -0.1) is 0 Å². The number of aromatic nitrogens is 1. The Bertz CT molecular complexity index is 646. The van der Waals surface area contributed by atoms with E-state index in [0.29, 0.717) is 11.7 Å². The van der Waals surface area contributed by atoms with E-state index in [2.05, 4.69) is 32.7 Å². The molecule has 0 saturated carbocycles. The average molecular weight is 361 g/mol. The van der Waals surface area contributed by atoms with Crippen LogP contribution in [-0.4, -0.2) is 37.7 Å². The lowest BCUT2D eigenvalue weighted by atomic mass is 10.1. The van der Waals surface area contributed by atoms with Crippen LogP contribution in [0.1, 0.15) is 24.2 Å². The second kappa shape index (κ2) is 10.7. The van der Waals surface area contributed by atoms with Crippen molar-refractivity contribution in [3.63, 3.8) is 0 Å². The van der Waals surface area contributed by atoms with Crippen molar-refractivity contribution in [3.8, 4) is 0 Å². The van der Waals surface area contributed by atoms with Crippen LogP contribution in [0.4, 0.5) is 0 Å². The quantitative estimate of drug-likeness (QED) is 0.431. The molecule has 1 aromatic carbocycles. The number of ether oxygens (including phenoxy) is 1. The highest BCUT2D eigenvalue weighted by Crippen LogP contribution is 2.16. The van der Waals surface area contributed by atoms with Gasteiger partial charge in [-0.25, -0.2) is 4.98 Å². The zero-order valence-corrected chi connectivity index (χ0v) is 15.5. The van der Waals surface area contributed by atoms with Gasteiger partial charge < -0.3 is 15.4 Å². The third-order valence-corrected chi connectivity index (χ3v) is 3.93. The van der Waals surface area contributed by atoms with E-state index in [9.17, 15) is 0 Å². The van der Waals surface area contributed by atoms with E-state index in [1.807, 2.05) is 31.2 Å². The summed E-state index contributed by atoms with van der Waals surface area (Å²) >= 11 is 5.80. The van der Waals surface area contributed by atoms with Gasteiger partial charge in [-0.05, 0) is 30.5 Å². The van der Waals surface area contributed by atoms with Crippen LogP contribution in [0.25, 0.3) is 0 Å². The van der Waals surface area contributed by atoms with E-state index in [1.165, 1.54) is 0 Å². The molecule has 2 aromatic rings. The molecule has 0 bridgehead atoms. The number of nitrogens with one attached hydrogen (secondary N) is 2. The zero-order chi connectivity index (χ0) is 17.9. The van der Waals surface area contributed by atoms with Crippen LogP contribution in [0.3, 0.4) is 0 Å². The number of pyridine rings is 1. The van der Waals surface area contributed by atoms with E-state index in [0.717, 1.165) is 36.6 Å². The summed E-state index contributed by atoms with van der Waals surface area (Å²) in [5.41, 5.74) is 2.25. The minimum Gasteiger partial charge on any atom is -0.375 e. The summed E-state index contributed by atoms with van der Waals surface area (Å²) in [6.07, 6.45) is 2.59. The molecule has 1 heterocycles. The van der Waals surface area contributed by atoms with E-state index < -0.39 is 0 Å². The number of nitrogens with zero attached hydrogens (tertiary/aromatic N) is 2. The molecule has 0 aliphatic rings. The predicted molar refractivity (Wildman–Crippen MR) is 103 cm³/mol. The Morgan fingerprint density at radius 1 is 1.20 bits per heavy atom. The first kappa shape index (κ1) is 19.2. The van der Waals surface area contributed by atoms with Gasteiger partial charge in [0.1, 0.15) is 11.3 Å². The standard InChI is InChI=1S/C19H25ClN4O/c1-3-21-19(22-12-11-15-9-10-18(20)23-13-15)24-14-17(25-2)16-7-5-4-6-8-16/h4-10,13,17H,3,11-12,14H2,1-2H3,(H2,21,22,24). The van der Waals surface area contributed by atoms with Gasteiger partial charge in [0.15, 0.2) is 5.96 Å². The molecule has 0 radical (unpaired) electrons. The van der Waals surface area contributed by atoms with Crippen molar-refractivity contribution >= 4 is 17.6 Å². The molecule has 2 rings (SSSR count). The fourth-order valence-electron chi connectivity index (χ4n) is 2.38. The molecular formula is C19H25ClN4O. The summed E-state index contributed by atoms with van der Waals surface area (Å²) in [5, 5.41) is 7.10. The normalized spacial score (nSPS) is 12.7. The number of hydrogen-bond acceptors (Lipinski definition) is 3. The van der Waals surface area contributed by atoms with Gasteiger partial charge in [0.05, 0.1) is 6.54 Å². The summed E-state index contributed by atoms with van der Waals surface area (Å²) in [6, 6.07) is 13.9. The summed E-state index contributed by atoms with van der Waals surface area (Å²) in [7, 11) is 1.71. The number of guanidine groups is 1.